The summed E-state index contributed by atoms with van der Waals surface area (Å²) in [6, 6.07) is 14.2. The number of aromatic nitrogens is 1. The van der Waals surface area contributed by atoms with E-state index in [1.54, 1.807) is 11.3 Å². The first-order chi connectivity index (χ1) is 9.86. The van der Waals surface area contributed by atoms with E-state index in [0.29, 0.717) is 0 Å². The van der Waals surface area contributed by atoms with Crippen LogP contribution in [0.4, 0.5) is 0 Å². The Balaban J connectivity index is 0.000000282. The third-order valence-corrected chi connectivity index (χ3v) is 3.91. The second kappa shape index (κ2) is 6.67. The van der Waals surface area contributed by atoms with Gasteiger partial charge in [-0.3, -0.25) is 0 Å². The molecule has 0 spiro atoms. The Hall–Kier alpha value is -1.25. The summed E-state index contributed by atoms with van der Waals surface area (Å²) < 4.78 is 32.3. The zero-order valence-corrected chi connectivity index (χ0v) is 12.9. The van der Waals surface area contributed by atoms with Gasteiger partial charge in [-0.1, -0.05) is 41.1 Å². The third-order valence-electron chi connectivity index (χ3n) is 2.51. The van der Waals surface area contributed by atoms with Gasteiger partial charge in [-0.15, -0.1) is 4.40 Å². The van der Waals surface area contributed by atoms with E-state index < -0.39 is 10.2 Å². The summed E-state index contributed by atoms with van der Waals surface area (Å²) in [5.74, 6) is 0. The predicted octanol–water partition coefficient (Wildman–Crippen LogP) is 0.947. The fourth-order valence-corrected chi connectivity index (χ4v) is 2.98. The van der Waals surface area contributed by atoms with Crippen LogP contribution < -0.4 is 9.06 Å². The van der Waals surface area contributed by atoms with Crippen LogP contribution in [-0.2, 0) is 0 Å². The molecule has 3 rings (SSSR count). The van der Waals surface area contributed by atoms with Crippen LogP contribution in [0.25, 0.3) is 16.1 Å². The van der Waals surface area contributed by atoms with Gasteiger partial charge in [-0.2, -0.15) is 0 Å². The fourth-order valence-electron chi connectivity index (χ4n) is 1.75. The summed E-state index contributed by atoms with van der Waals surface area (Å²) in [7, 11) is -4.19. The van der Waals surface area contributed by atoms with Crippen LogP contribution >= 0.6 is 22.9 Å². The number of fused-ring (bicyclic) bond motifs is 1. The van der Waals surface area contributed by atoms with Gasteiger partial charge in [0.2, 0.25) is 5.69 Å². The van der Waals surface area contributed by atoms with Crippen molar-refractivity contribution in [1.29, 1.82) is 0 Å². The molecule has 0 saturated heterocycles. The van der Waals surface area contributed by atoms with Gasteiger partial charge in [0.25, 0.3) is 4.83 Å². The van der Waals surface area contributed by atoms with Crippen LogP contribution in [0, 0.1) is 10.2 Å². The summed E-state index contributed by atoms with van der Waals surface area (Å²) in [5, 5.41) is 2.94. The molecular formula is C13H12Cl2NO4S+. The molecule has 3 N–H and O–H groups in total. The van der Waals surface area contributed by atoms with Gasteiger partial charge in [0.05, 0.1) is 5.38 Å². The maximum absolute atomic E-state index is 8.83. The van der Waals surface area contributed by atoms with Gasteiger partial charge in [-0.25, -0.2) is 0 Å². The first-order valence-corrected chi connectivity index (χ1v) is 8.23. The Labute approximate surface area is 131 Å². The molecule has 2 heterocycles. The van der Waals surface area contributed by atoms with Crippen LogP contribution in [0.2, 0.25) is 5.02 Å². The van der Waals surface area contributed by atoms with Crippen LogP contribution in [0.3, 0.4) is 0 Å². The molecule has 0 saturated carbocycles. The number of pyridine rings is 1. The van der Waals surface area contributed by atoms with E-state index in [0.717, 1.165) is 9.85 Å². The number of benzene rings is 1. The molecule has 2 aromatic heterocycles. The molecular weight excluding hydrogens is 337 g/mol. The molecule has 5 nitrogen and oxygen atoms in total. The summed E-state index contributed by atoms with van der Waals surface area (Å²) in [6.07, 6.45) is 2.04. The first-order valence-electron chi connectivity index (χ1n) is 5.65. The molecule has 3 aromatic rings. The molecule has 0 aliphatic carbocycles. The van der Waals surface area contributed by atoms with Crippen molar-refractivity contribution in [1.82, 2.24) is 0 Å². The Kier molecular flexibility index (Phi) is 5.13. The second-order valence-electron chi connectivity index (χ2n) is 3.95. The quantitative estimate of drug-likeness (QED) is 0.571. The van der Waals surface area contributed by atoms with Gasteiger partial charge >= 0.3 is 28.9 Å². The molecule has 0 aliphatic heterocycles. The molecule has 0 unspecified atom stereocenters. The van der Waals surface area contributed by atoms with Crippen molar-refractivity contribution in [2.45, 2.75) is 0 Å². The number of halogens is 2. The molecule has 1 aromatic carbocycles. The van der Waals surface area contributed by atoms with Crippen molar-refractivity contribution in [3.05, 3.63) is 59.1 Å². The number of rotatable bonds is 1. The van der Waals surface area contributed by atoms with E-state index in [1.165, 1.54) is 11.3 Å². The van der Waals surface area contributed by atoms with Crippen molar-refractivity contribution >= 4 is 27.8 Å². The Bertz CT molecular complexity index is 722. The summed E-state index contributed by atoms with van der Waals surface area (Å²) >= 11 is 7.81. The molecule has 8 heteroatoms. The second-order valence-corrected chi connectivity index (χ2v) is 6.08. The molecule has 0 amide bonds. The SMILES string of the molecule is Clc1ccc[n+]2c(-c3ccccc3)csc12.[O-][Cl+](O)(O)O. The van der Waals surface area contributed by atoms with E-state index in [2.05, 4.69) is 21.9 Å². The van der Waals surface area contributed by atoms with Gasteiger partial charge in [-0.05, 0) is 18.2 Å². The maximum atomic E-state index is 8.83. The predicted molar refractivity (Wildman–Crippen MR) is 74.6 cm³/mol. The van der Waals surface area contributed by atoms with Gasteiger partial charge in [0.15, 0.2) is 6.20 Å². The van der Waals surface area contributed by atoms with Gasteiger partial charge < -0.3 is 0 Å². The number of thiazole rings is 1. The average Bonchev–Trinajstić information content (AvgIpc) is 2.83. The summed E-state index contributed by atoms with van der Waals surface area (Å²) in [6.45, 7) is 0. The van der Waals surface area contributed by atoms with Crippen LogP contribution in [-0.4, -0.2) is 14.0 Å². The number of hydrogen-bond acceptors (Lipinski definition) is 5. The van der Waals surface area contributed by atoms with Crippen molar-refractivity contribution in [3.8, 4) is 11.3 Å². The Morgan fingerprint density at radius 1 is 1.05 bits per heavy atom. The zero-order chi connectivity index (χ0) is 15.5. The molecule has 21 heavy (non-hydrogen) atoms. The van der Waals surface area contributed by atoms with Crippen molar-refractivity contribution < 1.29 is 33.3 Å². The Morgan fingerprint density at radius 2 is 1.67 bits per heavy atom. The number of nitrogens with zero attached hydrogens (tertiary/aromatic N) is 1. The molecule has 0 fully saturated rings. The normalized spacial score (nSPS) is 11.9. The standard InChI is InChI=1S/C13H9ClNS.ClH3O4/c14-11-7-4-8-15-12(9-16-13(11)15)10-5-2-1-3-6-10;2-1(3,4)5/h1-9H;2-4H/q+1;. The zero-order valence-electron chi connectivity index (χ0n) is 10.6. The van der Waals surface area contributed by atoms with E-state index in [9.17, 15) is 0 Å². The van der Waals surface area contributed by atoms with E-state index in [4.69, 9.17) is 30.2 Å². The van der Waals surface area contributed by atoms with Gasteiger partial charge in [0.1, 0.15) is 5.02 Å². The first kappa shape index (κ1) is 16.1. The fraction of sp³-hybridized carbons (Fsp3) is 0. The van der Waals surface area contributed by atoms with E-state index in [1.807, 2.05) is 36.5 Å². The van der Waals surface area contributed by atoms with Gasteiger partial charge in [0, 0.05) is 11.6 Å². The molecule has 0 bridgehead atoms. The van der Waals surface area contributed by atoms with Crippen molar-refractivity contribution in [2.24, 2.45) is 0 Å². The topological polar surface area (TPSA) is 87.9 Å². The minimum absolute atomic E-state index is 0.801. The molecule has 0 atom stereocenters. The average molecular weight is 349 g/mol. The summed E-state index contributed by atoms with van der Waals surface area (Å²) in [4.78, 5) is 1.09. The van der Waals surface area contributed by atoms with Crippen molar-refractivity contribution in [2.75, 3.05) is 0 Å². The van der Waals surface area contributed by atoms with E-state index >= 15 is 0 Å². The molecule has 0 aliphatic rings. The van der Waals surface area contributed by atoms with Crippen LogP contribution in [0.5, 0.6) is 0 Å². The van der Waals surface area contributed by atoms with Crippen LogP contribution in [0.15, 0.2) is 54.0 Å². The third kappa shape index (κ3) is 4.62. The Morgan fingerprint density at radius 3 is 2.29 bits per heavy atom. The monoisotopic (exact) mass is 348 g/mol. The number of hydrogen-bond donors (Lipinski definition) is 3. The van der Waals surface area contributed by atoms with E-state index in [-0.39, 0.29) is 0 Å². The minimum atomic E-state index is -4.19. The van der Waals surface area contributed by atoms with Crippen molar-refractivity contribution in [3.63, 3.8) is 0 Å². The summed E-state index contributed by atoms with van der Waals surface area (Å²) in [5.41, 5.74) is 2.39. The van der Waals surface area contributed by atoms with Crippen LogP contribution in [0.1, 0.15) is 0 Å². The molecule has 112 valence electrons. The molecule has 0 radical (unpaired) electrons.